The smallest absolute Gasteiger partial charge is 0.243 e. The Balaban J connectivity index is 1.42. The van der Waals surface area contributed by atoms with E-state index in [2.05, 4.69) is 38.3 Å². The number of carbonyl (C=O) groups is 1. The van der Waals surface area contributed by atoms with Gasteiger partial charge in [-0.3, -0.25) is 4.79 Å². The fourth-order valence-corrected chi connectivity index (χ4v) is 3.20. The quantitative estimate of drug-likeness (QED) is 0.497. The molecule has 2 N–H and O–H groups in total. The highest BCUT2D eigenvalue weighted by Crippen LogP contribution is 2.20. The van der Waals surface area contributed by atoms with Gasteiger partial charge in [-0.25, -0.2) is 4.68 Å². The zero-order valence-electron chi connectivity index (χ0n) is 16.6. The predicted octanol–water partition coefficient (Wildman–Crippen LogP) is 3.61. The summed E-state index contributed by atoms with van der Waals surface area (Å²) in [5.41, 5.74) is 5.81. The Morgan fingerprint density at radius 1 is 0.967 bits per heavy atom. The number of amides is 1. The molecule has 150 valence electrons. The second-order valence-corrected chi connectivity index (χ2v) is 6.97. The van der Waals surface area contributed by atoms with Crippen LogP contribution in [0.15, 0.2) is 79.1 Å². The first-order valence-corrected chi connectivity index (χ1v) is 9.68. The predicted molar refractivity (Wildman–Crippen MR) is 117 cm³/mol. The lowest BCUT2D eigenvalue weighted by atomic mass is 10.0. The summed E-state index contributed by atoms with van der Waals surface area (Å²) in [6.45, 7) is 2.14. The molecule has 7 heteroatoms. The normalized spacial score (nSPS) is 10.6. The molecule has 0 aliphatic rings. The SMILES string of the molecule is Cc1ccc(-n2cnnn2)cc1NCC(=O)Nc1ccccc1Cc1ccccc1. The molecule has 0 bridgehead atoms. The third-order valence-electron chi connectivity index (χ3n) is 4.80. The average molecular weight is 398 g/mol. The van der Waals surface area contributed by atoms with E-state index >= 15 is 0 Å². The molecule has 0 spiro atoms. The number of nitrogens with zero attached hydrogens (tertiary/aromatic N) is 4. The van der Waals surface area contributed by atoms with Crippen molar-refractivity contribution in [2.75, 3.05) is 17.2 Å². The number of aryl methyl sites for hydroxylation is 1. The molecule has 0 atom stereocenters. The number of rotatable bonds is 7. The van der Waals surface area contributed by atoms with E-state index in [0.29, 0.717) is 0 Å². The van der Waals surface area contributed by atoms with Crippen LogP contribution in [0.3, 0.4) is 0 Å². The van der Waals surface area contributed by atoms with E-state index < -0.39 is 0 Å². The van der Waals surface area contributed by atoms with E-state index in [-0.39, 0.29) is 12.5 Å². The summed E-state index contributed by atoms with van der Waals surface area (Å²) in [4.78, 5) is 12.6. The first kappa shape index (κ1) is 19.3. The minimum atomic E-state index is -0.109. The van der Waals surface area contributed by atoms with Gasteiger partial charge in [0, 0.05) is 11.4 Å². The van der Waals surface area contributed by atoms with Crippen LogP contribution in [-0.4, -0.2) is 32.7 Å². The van der Waals surface area contributed by atoms with Gasteiger partial charge in [-0.1, -0.05) is 54.6 Å². The van der Waals surface area contributed by atoms with Crippen molar-refractivity contribution in [3.05, 3.63) is 95.8 Å². The summed E-state index contributed by atoms with van der Waals surface area (Å²) in [7, 11) is 0. The van der Waals surface area contributed by atoms with Crippen molar-refractivity contribution in [2.24, 2.45) is 0 Å². The van der Waals surface area contributed by atoms with E-state index in [1.165, 1.54) is 11.9 Å². The fourth-order valence-electron chi connectivity index (χ4n) is 3.20. The third kappa shape index (κ3) is 4.70. The second kappa shape index (κ2) is 9.00. The van der Waals surface area contributed by atoms with Crippen LogP contribution in [0.1, 0.15) is 16.7 Å². The highest BCUT2D eigenvalue weighted by atomic mass is 16.1. The van der Waals surface area contributed by atoms with E-state index in [1.54, 1.807) is 4.68 Å². The first-order chi connectivity index (χ1) is 14.7. The molecule has 30 heavy (non-hydrogen) atoms. The van der Waals surface area contributed by atoms with Gasteiger partial charge in [-0.05, 0) is 58.7 Å². The standard InChI is InChI=1S/C23H22N6O/c1-17-11-12-20(29-16-25-27-28-29)14-22(17)24-15-23(30)26-21-10-6-5-9-19(21)13-18-7-3-2-4-8-18/h2-12,14,16,24H,13,15H2,1H3,(H,26,30). The minimum absolute atomic E-state index is 0.109. The third-order valence-corrected chi connectivity index (χ3v) is 4.80. The molecule has 1 amide bonds. The lowest BCUT2D eigenvalue weighted by molar-refractivity contribution is -0.114. The Kier molecular flexibility index (Phi) is 5.80. The van der Waals surface area contributed by atoms with Crippen molar-refractivity contribution in [3.63, 3.8) is 0 Å². The van der Waals surface area contributed by atoms with Crippen LogP contribution in [0.5, 0.6) is 0 Å². The Morgan fingerprint density at radius 3 is 2.57 bits per heavy atom. The number of benzene rings is 3. The summed E-state index contributed by atoms with van der Waals surface area (Å²) in [6.07, 6.45) is 2.29. The van der Waals surface area contributed by atoms with E-state index in [4.69, 9.17) is 0 Å². The molecular formula is C23H22N6O. The summed E-state index contributed by atoms with van der Waals surface area (Å²) in [6, 6.07) is 23.9. The van der Waals surface area contributed by atoms with Gasteiger partial charge in [-0.2, -0.15) is 0 Å². The average Bonchev–Trinajstić information content (AvgIpc) is 3.30. The van der Waals surface area contributed by atoms with Gasteiger partial charge in [-0.15, -0.1) is 5.10 Å². The summed E-state index contributed by atoms with van der Waals surface area (Å²) in [5, 5.41) is 17.5. The van der Waals surface area contributed by atoms with Crippen molar-refractivity contribution in [1.82, 2.24) is 20.2 Å². The molecule has 0 aliphatic carbocycles. The molecule has 7 nitrogen and oxygen atoms in total. The van der Waals surface area contributed by atoms with E-state index in [1.807, 2.05) is 67.6 Å². The lowest BCUT2D eigenvalue weighted by Gasteiger charge is -2.14. The molecule has 0 fully saturated rings. The fraction of sp³-hybridized carbons (Fsp3) is 0.130. The van der Waals surface area contributed by atoms with Gasteiger partial charge >= 0.3 is 0 Å². The maximum atomic E-state index is 12.6. The minimum Gasteiger partial charge on any atom is -0.376 e. The maximum absolute atomic E-state index is 12.6. The molecule has 0 radical (unpaired) electrons. The molecular weight excluding hydrogens is 376 g/mol. The molecule has 0 saturated heterocycles. The van der Waals surface area contributed by atoms with Crippen LogP contribution < -0.4 is 10.6 Å². The summed E-state index contributed by atoms with van der Waals surface area (Å²) in [5.74, 6) is -0.109. The number of aromatic nitrogens is 4. The summed E-state index contributed by atoms with van der Waals surface area (Å²) >= 11 is 0. The Labute approximate surface area is 174 Å². The maximum Gasteiger partial charge on any atom is 0.243 e. The topological polar surface area (TPSA) is 84.7 Å². The van der Waals surface area contributed by atoms with Gasteiger partial charge in [0.05, 0.1) is 12.2 Å². The van der Waals surface area contributed by atoms with Crippen LogP contribution in [0, 0.1) is 6.92 Å². The zero-order valence-corrected chi connectivity index (χ0v) is 16.6. The van der Waals surface area contributed by atoms with Gasteiger partial charge in [0.15, 0.2) is 0 Å². The van der Waals surface area contributed by atoms with Crippen molar-refractivity contribution >= 4 is 17.3 Å². The number of nitrogens with one attached hydrogen (secondary N) is 2. The van der Waals surface area contributed by atoms with Crippen LogP contribution in [-0.2, 0) is 11.2 Å². The lowest BCUT2D eigenvalue weighted by Crippen LogP contribution is -2.22. The Morgan fingerprint density at radius 2 is 1.77 bits per heavy atom. The Hall–Kier alpha value is -4.00. The van der Waals surface area contributed by atoms with Crippen molar-refractivity contribution < 1.29 is 4.79 Å². The number of para-hydroxylation sites is 1. The molecule has 0 saturated carbocycles. The molecule has 1 aromatic heterocycles. The monoisotopic (exact) mass is 398 g/mol. The second-order valence-electron chi connectivity index (χ2n) is 6.97. The summed E-state index contributed by atoms with van der Waals surface area (Å²) < 4.78 is 1.57. The number of anilines is 2. The zero-order chi connectivity index (χ0) is 20.8. The Bertz CT molecular complexity index is 1130. The van der Waals surface area contributed by atoms with Crippen molar-refractivity contribution in [1.29, 1.82) is 0 Å². The number of tetrazole rings is 1. The largest absolute Gasteiger partial charge is 0.376 e. The van der Waals surface area contributed by atoms with Crippen LogP contribution in [0.25, 0.3) is 5.69 Å². The molecule has 1 heterocycles. The number of hydrogen-bond acceptors (Lipinski definition) is 5. The van der Waals surface area contributed by atoms with E-state index in [0.717, 1.165) is 34.6 Å². The number of carbonyl (C=O) groups excluding carboxylic acids is 1. The van der Waals surface area contributed by atoms with Gasteiger partial charge < -0.3 is 10.6 Å². The van der Waals surface area contributed by atoms with Crippen LogP contribution >= 0.6 is 0 Å². The highest BCUT2D eigenvalue weighted by molar-refractivity contribution is 5.94. The first-order valence-electron chi connectivity index (χ1n) is 9.68. The van der Waals surface area contributed by atoms with E-state index in [9.17, 15) is 4.79 Å². The number of hydrogen-bond donors (Lipinski definition) is 2. The van der Waals surface area contributed by atoms with Gasteiger partial charge in [0.2, 0.25) is 5.91 Å². The molecule has 3 aromatic carbocycles. The molecule has 0 unspecified atom stereocenters. The van der Waals surface area contributed by atoms with Crippen molar-refractivity contribution in [3.8, 4) is 5.69 Å². The molecule has 4 rings (SSSR count). The highest BCUT2D eigenvalue weighted by Gasteiger charge is 2.09. The molecule has 0 aliphatic heterocycles. The van der Waals surface area contributed by atoms with Gasteiger partial charge in [0.1, 0.15) is 6.33 Å². The molecule has 4 aromatic rings. The van der Waals surface area contributed by atoms with Gasteiger partial charge in [0.25, 0.3) is 0 Å². The van der Waals surface area contributed by atoms with Crippen LogP contribution in [0.2, 0.25) is 0 Å². The van der Waals surface area contributed by atoms with Crippen LogP contribution in [0.4, 0.5) is 11.4 Å². The van der Waals surface area contributed by atoms with Crippen molar-refractivity contribution in [2.45, 2.75) is 13.3 Å².